The van der Waals surface area contributed by atoms with Crippen molar-refractivity contribution >= 4 is 5.97 Å². The molecular formula is C16H30NO2+. The van der Waals surface area contributed by atoms with Crippen molar-refractivity contribution in [1.82, 2.24) is 0 Å². The van der Waals surface area contributed by atoms with Crippen LogP contribution in [0, 0.1) is 16.7 Å². The van der Waals surface area contributed by atoms with Crippen molar-refractivity contribution < 1.29 is 14.0 Å². The first-order chi connectivity index (χ1) is 8.50. The Hall–Kier alpha value is -0.570. The van der Waals surface area contributed by atoms with Crippen LogP contribution in [0.15, 0.2) is 0 Å². The molecule has 2 aliphatic carbocycles. The Morgan fingerprint density at radius 3 is 2.21 bits per heavy atom. The molecule has 110 valence electrons. The lowest BCUT2D eigenvalue weighted by molar-refractivity contribution is -0.885. The molecule has 2 rings (SSSR count). The quantitative estimate of drug-likeness (QED) is 0.581. The molecule has 4 atom stereocenters. The van der Waals surface area contributed by atoms with E-state index >= 15 is 0 Å². The summed E-state index contributed by atoms with van der Waals surface area (Å²) in [5.74, 6) is 0.678. The summed E-state index contributed by atoms with van der Waals surface area (Å²) < 4.78 is 6.54. The van der Waals surface area contributed by atoms with Gasteiger partial charge in [0.05, 0.1) is 21.1 Å². The smallest absolute Gasteiger partial charge is 0.364 e. The van der Waals surface area contributed by atoms with Crippen molar-refractivity contribution in [3.63, 3.8) is 0 Å². The fraction of sp³-hybridized carbons (Fsp3) is 0.938. The maximum absolute atomic E-state index is 12.3. The second-order valence-electron chi connectivity index (χ2n) is 8.33. The lowest BCUT2D eigenvalue weighted by Gasteiger charge is -2.39. The maximum Gasteiger partial charge on any atom is 0.364 e. The van der Waals surface area contributed by atoms with Gasteiger partial charge < -0.3 is 9.22 Å². The predicted molar refractivity (Wildman–Crippen MR) is 76.6 cm³/mol. The Labute approximate surface area is 117 Å². The summed E-state index contributed by atoms with van der Waals surface area (Å²) in [5.41, 5.74) is 0.468. The number of hydrogen-bond acceptors (Lipinski definition) is 2. The molecule has 3 nitrogen and oxygen atoms in total. The number of fused-ring (bicyclic) bond motifs is 2. The van der Waals surface area contributed by atoms with Gasteiger partial charge >= 0.3 is 5.97 Å². The number of likely N-dealkylation sites (N-methyl/N-ethyl adjacent to an activating group) is 1. The fourth-order valence-corrected chi connectivity index (χ4v) is 3.86. The lowest BCUT2D eigenvalue weighted by Crippen LogP contribution is -2.50. The van der Waals surface area contributed by atoms with Crippen molar-refractivity contribution in [2.75, 3.05) is 21.1 Å². The molecule has 2 aliphatic rings. The van der Waals surface area contributed by atoms with Crippen LogP contribution in [-0.4, -0.2) is 43.7 Å². The van der Waals surface area contributed by atoms with E-state index in [1.165, 1.54) is 12.8 Å². The first kappa shape index (κ1) is 14.8. The van der Waals surface area contributed by atoms with E-state index in [9.17, 15) is 4.79 Å². The summed E-state index contributed by atoms with van der Waals surface area (Å²) in [4.78, 5) is 12.3. The topological polar surface area (TPSA) is 26.3 Å². The number of hydrogen-bond donors (Lipinski definition) is 0. The molecule has 0 amide bonds. The minimum Gasteiger partial charge on any atom is -0.457 e. The van der Waals surface area contributed by atoms with Crippen LogP contribution < -0.4 is 0 Å². The highest BCUT2D eigenvalue weighted by molar-refractivity contribution is 5.74. The van der Waals surface area contributed by atoms with Crippen molar-refractivity contribution in [3.8, 4) is 0 Å². The molecule has 0 aromatic rings. The molecule has 19 heavy (non-hydrogen) atoms. The van der Waals surface area contributed by atoms with Gasteiger partial charge in [0.2, 0.25) is 0 Å². The average molecular weight is 268 g/mol. The van der Waals surface area contributed by atoms with E-state index < -0.39 is 0 Å². The van der Waals surface area contributed by atoms with Crippen LogP contribution >= 0.6 is 0 Å². The van der Waals surface area contributed by atoms with Crippen LogP contribution in [-0.2, 0) is 9.53 Å². The molecule has 2 bridgehead atoms. The molecule has 0 spiro atoms. The Morgan fingerprint density at radius 1 is 1.26 bits per heavy atom. The van der Waals surface area contributed by atoms with Crippen LogP contribution in [0.25, 0.3) is 0 Å². The van der Waals surface area contributed by atoms with Crippen LogP contribution in [0.1, 0.15) is 47.0 Å². The Morgan fingerprint density at radius 2 is 1.84 bits per heavy atom. The van der Waals surface area contributed by atoms with Gasteiger partial charge in [0.1, 0.15) is 6.10 Å². The van der Waals surface area contributed by atoms with Gasteiger partial charge in [-0.3, -0.25) is 0 Å². The van der Waals surface area contributed by atoms with Crippen LogP contribution in [0.3, 0.4) is 0 Å². The summed E-state index contributed by atoms with van der Waals surface area (Å²) in [6, 6.07) is -0.106. The van der Waals surface area contributed by atoms with E-state index in [4.69, 9.17) is 4.74 Å². The Bertz CT molecular complexity index is 383. The minimum atomic E-state index is -0.106. The predicted octanol–water partition coefficient (Wildman–Crippen LogP) is 2.84. The molecular weight excluding hydrogens is 238 g/mol. The molecule has 0 saturated heterocycles. The van der Waals surface area contributed by atoms with E-state index in [1.54, 1.807) is 0 Å². The van der Waals surface area contributed by atoms with E-state index in [0.29, 0.717) is 9.90 Å². The number of esters is 1. The summed E-state index contributed by atoms with van der Waals surface area (Å²) >= 11 is 0. The van der Waals surface area contributed by atoms with Gasteiger partial charge in [-0.2, -0.15) is 0 Å². The zero-order valence-electron chi connectivity index (χ0n) is 13.6. The standard InChI is InChI=1S/C16H30NO2/c1-11(17(5,6)7)14(18)19-13-10-12-8-9-16(13,4)15(12,2)3/h11-13H,8-10H2,1-7H3/q+1/t11-,12+,13-,16+/m0/s1. The second kappa shape index (κ2) is 4.21. The molecule has 3 heteroatoms. The third kappa shape index (κ3) is 2.10. The first-order valence-electron chi connectivity index (χ1n) is 7.52. The van der Waals surface area contributed by atoms with Gasteiger partial charge in [0.25, 0.3) is 0 Å². The van der Waals surface area contributed by atoms with E-state index in [2.05, 4.69) is 20.8 Å². The first-order valence-corrected chi connectivity index (χ1v) is 7.52. The van der Waals surface area contributed by atoms with Crippen molar-refractivity contribution in [2.24, 2.45) is 16.7 Å². The highest BCUT2D eigenvalue weighted by Crippen LogP contribution is 2.66. The number of carbonyl (C=O) groups excluding carboxylic acids is 1. The summed E-state index contributed by atoms with van der Waals surface area (Å²) in [6.45, 7) is 8.97. The number of quaternary nitrogens is 1. The SMILES string of the molecule is C[C@@H](C(=O)O[C@H]1C[C@H]2CC[C@@]1(C)C2(C)C)[N+](C)(C)C. The van der Waals surface area contributed by atoms with Gasteiger partial charge in [0.15, 0.2) is 6.04 Å². The van der Waals surface area contributed by atoms with Crippen LogP contribution in [0.4, 0.5) is 0 Å². The molecule has 0 heterocycles. The van der Waals surface area contributed by atoms with Crippen molar-refractivity contribution in [3.05, 3.63) is 0 Å². The molecule has 2 saturated carbocycles. The second-order valence-corrected chi connectivity index (χ2v) is 8.33. The third-order valence-corrected chi connectivity index (χ3v) is 6.48. The Balaban J connectivity index is 2.09. The maximum atomic E-state index is 12.3. The third-order valence-electron chi connectivity index (χ3n) is 6.48. The van der Waals surface area contributed by atoms with Gasteiger partial charge in [-0.1, -0.05) is 20.8 Å². The normalized spacial score (nSPS) is 38.3. The number of rotatable bonds is 3. The fourth-order valence-electron chi connectivity index (χ4n) is 3.86. The van der Waals surface area contributed by atoms with Gasteiger partial charge in [0, 0.05) is 5.41 Å². The average Bonchev–Trinajstić information content (AvgIpc) is 2.59. The summed E-state index contributed by atoms with van der Waals surface area (Å²) in [6.07, 6.45) is 3.66. The number of ether oxygens (including phenoxy) is 1. The molecule has 0 aromatic heterocycles. The van der Waals surface area contributed by atoms with Crippen LogP contribution in [0.5, 0.6) is 0 Å². The number of nitrogens with zero attached hydrogens (tertiary/aromatic N) is 1. The minimum absolute atomic E-state index is 0.0397. The van der Waals surface area contributed by atoms with Gasteiger partial charge in [-0.15, -0.1) is 0 Å². The number of carbonyl (C=O) groups is 1. The van der Waals surface area contributed by atoms with Crippen molar-refractivity contribution in [2.45, 2.75) is 59.1 Å². The molecule has 2 fully saturated rings. The highest BCUT2D eigenvalue weighted by atomic mass is 16.5. The van der Waals surface area contributed by atoms with Crippen molar-refractivity contribution in [1.29, 1.82) is 0 Å². The summed E-state index contributed by atoms with van der Waals surface area (Å²) in [5, 5.41) is 0. The largest absolute Gasteiger partial charge is 0.457 e. The van der Waals surface area contributed by atoms with Gasteiger partial charge in [-0.05, 0) is 37.5 Å². The molecule has 0 aliphatic heterocycles. The molecule has 0 unspecified atom stereocenters. The Kier molecular flexibility index (Phi) is 3.29. The highest BCUT2D eigenvalue weighted by Gasteiger charge is 2.63. The van der Waals surface area contributed by atoms with E-state index in [-0.39, 0.29) is 23.5 Å². The van der Waals surface area contributed by atoms with E-state index in [0.717, 1.165) is 12.3 Å². The van der Waals surface area contributed by atoms with E-state index in [1.807, 2.05) is 28.1 Å². The molecule has 0 N–H and O–H groups in total. The van der Waals surface area contributed by atoms with Crippen LogP contribution in [0.2, 0.25) is 0 Å². The molecule has 0 radical (unpaired) electrons. The lowest BCUT2D eigenvalue weighted by atomic mass is 9.70. The zero-order chi connectivity index (χ0) is 14.6. The monoisotopic (exact) mass is 268 g/mol. The zero-order valence-corrected chi connectivity index (χ0v) is 13.6. The molecule has 0 aromatic carbocycles. The van der Waals surface area contributed by atoms with Gasteiger partial charge in [-0.25, -0.2) is 4.79 Å². The summed E-state index contributed by atoms with van der Waals surface area (Å²) in [7, 11) is 6.12.